The number of rotatable bonds is 6. The van der Waals surface area contributed by atoms with E-state index in [2.05, 4.69) is 11.2 Å². The Hall–Kier alpha value is -1.93. The summed E-state index contributed by atoms with van der Waals surface area (Å²) in [5.41, 5.74) is 1.10. The number of nitrogens with one attached hydrogen (secondary N) is 1. The number of hydrogen-bond acceptors (Lipinski definition) is 4. The Morgan fingerprint density at radius 1 is 1.42 bits per heavy atom. The molecule has 0 aliphatic heterocycles. The highest BCUT2D eigenvalue weighted by Gasteiger charge is 2.08. The van der Waals surface area contributed by atoms with E-state index in [0.717, 1.165) is 10.5 Å². The number of carbonyl (C=O) groups is 2. The van der Waals surface area contributed by atoms with E-state index >= 15 is 0 Å². The molecule has 0 aromatic heterocycles. The van der Waals surface area contributed by atoms with Crippen LogP contribution in [0.4, 0.5) is 0 Å². The summed E-state index contributed by atoms with van der Waals surface area (Å²) in [5, 5.41) is 2.41. The average molecular weight is 277 g/mol. The first-order valence-corrected chi connectivity index (χ1v) is 6.66. The van der Waals surface area contributed by atoms with Crippen LogP contribution in [-0.2, 0) is 14.3 Å². The highest BCUT2D eigenvalue weighted by molar-refractivity contribution is 8.00. The van der Waals surface area contributed by atoms with Gasteiger partial charge in [0.2, 0.25) is 0 Å². The van der Waals surface area contributed by atoms with Crippen molar-refractivity contribution in [1.29, 1.82) is 0 Å². The Morgan fingerprint density at radius 3 is 2.84 bits per heavy atom. The molecule has 1 N–H and O–H groups in total. The Balaban J connectivity index is 2.27. The summed E-state index contributed by atoms with van der Waals surface area (Å²) >= 11 is 1.39. The van der Waals surface area contributed by atoms with Crippen molar-refractivity contribution in [1.82, 2.24) is 5.32 Å². The number of terminal acetylenes is 1. The molecule has 0 saturated carbocycles. The fourth-order valence-corrected chi connectivity index (χ4v) is 2.07. The van der Waals surface area contributed by atoms with E-state index in [4.69, 9.17) is 11.2 Å². The zero-order chi connectivity index (χ0) is 14.1. The van der Waals surface area contributed by atoms with Crippen molar-refractivity contribution in [3.8, 4) is 12.3 Å². The normalized spacial score (nSPS) is 9.47. The zero-order valence-electron chi connectivity index (χ0n) is 10.6. The van der Waals surface area contributed by atoms with Crippen LogP contribution in [0.2, 0.25) is 0 Å². The lowest BCUT2D eigenvalue weighted by atomic mass is 10.2. The summed E-state index contributed by atoms with van der Waals surface area (Å²) in [6.45, 7) is 1.81. The van der Waals surface area contributed by atoms with Gasteiger partial charge in [0.25, 0.3) is 5.91 Å². The molecule has 4 nitrogen and oxygen atoms in total. The maximum Gasteiger partial charge on any atom is 0.316 e. The monoisotopic (exact) mass is 277 g/mol. The highest BCUT2D eigenvalue weighted by Crippen LogP contribution is 2.21. The molecule has 19 heavy (non-hydrogen) atoms. The van der Waals surface area contributed by atoms with E-state index in [0.29, 0.717) is 0 Å². The standard InChI is InChI=1S/C14H15NO3S/c1-3-8-15-13(16)9-18-14(17)10-19-12-7-5-4-6-11(12)2/h1,4-7H,8-10H2,2H3,(H,15,16). The van der Waals surface area contributed by atoms with Gasteiger partial charge in [-0.15, -0.1) is 18.2 Å². The Bertz CT molecular complexity index is 494. The average Bonchev–Trinajstić information content (AvgIpc) is 2.42. The van der Waals surface area contributed by atoms with E-state index in [9.17, 15) is 9.59 Å². The molecule has 0 fully saturated rings. The summed E-state index contributed by atoms with van der Waals surface area (Å²) in [5.74, 6) is 1.61. The SMILES string of the molecule is C#CCNC(=O)COC(=O)CSc1ccccc1C. The van der Waals surface area contributed by atoms with Crippen molar-refractivity contribution in [2.24, 2.45) is 0 Å². The van der Waals surface area contributed by atoms with Crippen LogP contribution < -0.4 is 5.32 Å². The molecule has 1 aromatic rings. The molecule has 0 saturated heterocycles. The van der Waals surface area contributed by atoms with Gasteiger partial charge in [-0.2, -0.15) is 0 Å². The van der Waals surface area contributed by atoms with Crippen molar-refractivity contribution >= 4 is 23.6 Å². The summed E-state index contributed by atoms with van der Waals surface area (Å²) < 4.78 is 4.82. The van der Waals surface area contributed by atoms with Gasteiger partial charge in [-0.25, -0.2) is 0 Å². The second kappa shape index (κ2) is 8.22. The number of aryl methyl sites for hydroxylation is 1. The maximum atomic E-state index is 11.4. The van der Waals surface area contributed by atoms with Gasteiger partial charge in [0.05, 0.1) is 12.3 Å². The van der Waals surface area contributed by atoms with E-state index in [1.807, 2.05) is 31.2 Å². The predicted molar refractivity (Wildman–Crippen MR) is 74.7 cm³/mol. The number of esters is 1. The van der Waals surface area contributed by atoms with Crippen molar-refractivity contribution in [2.45, 2.75) is 11.8 Å². The minimum atomic E-state index is -0.427. The molecular formula is C14H15NO3S. The Morgan fingerprint density at radius 2 is 2.16 bits per heavy atom. The minimum absolute atomic E-state index is 0.133. The van der Waals surface area contributed by atoms with Crippen LogP contribution in [0.3, 0.4) is 0 Å². The second-order valence-corrected chi connectivity index (χ2v) is 4.71. The van der Waals surface area contributed by atoms with Gasteiger partial charge in [0, 0.05) is 4.90 Å². The summed E-state index contributed by atoms with van der Waals surface area (Å²) in [7, 11) is 0. The van der Waals surface area contributed by atoms with Gasteiger partial charge in [-0.3, -0.25) is 9.59 Å². The number of benzene rings is 1. The van der Waals surface area contributed by atoms with Crippen LogP contribution in [0, 0.1) is 19.3 Å². The number of amides is 1. The quantitative estimate of drug-likeness (QED) is 0.485. The number of thioether (sulfide) groups is 1. The summed E-state index contributed by atoms with van der Waals surface area (Å²) in [6.07, 6.45) is 4.98. The fourth-order valence-electron chi connectivity index (χ4n) is 1.24. The fraction of sp³-hybridized carbons (Fsp3) is 0.286. The molecule has 1 amide bonds. The predicted octanol–water partition coefficient (Wildman–Crippen LogP) is 1.38. The molecule has 5 heteroatoms. The van der Waals surface area contributed by atoms with E-state index < -0.39 is 11.9 Å². The van der Waals surface area contributed by atoms with Gasteiger partial charge < -0.3 is 10.1 Å². The summed E-state index contributed by atoms with van der Waals surface area (Å²) in [6, 6.07) is 7.76. The molecule has 100 valence electrons. The lowest BCUT2D eigenvalue weighted by Crippen LogP contribution is -2.29. The molecule has 0 bridgehead atoms. The van der Waals surface area contributed by atoms with Crippen molar-refractivity contribution in [3.63, 3.8) is 0 Å². The maximum absolute atomic E-state index is 11.4. The van der Waals surface area contributed by atoms with Crippen molar-refractivity contribution in [3.05, 3.63) is 29.8 Å². The number of ether oxygens (including phenoxy) is 1. The van der Waals surface area contributed by atoms with Crippen LogP contribution >= 0.6 is 11.8 Å². The minimum Gasteiger partial charge on any atom is -0.455 e. The van der Waals surface area contributed by atoms with E-state index in [1.54, 1.807) is 0 Å². The zero-order valence-corrected chi connectivity index (χ0v) is 11.5. The van der Waals surface area contributed by atoms with Gasteiger partial charge >= 0.3 is 5.97 Å². The third kappa shape index (κ3) is 5.98. The molecule has 0 radical (unpaired) electrons. The van der Waals surface area contributed by atoms with E-state index in [-0.39, 0.29) is 18.9 Å². The topological polar surface area (TPSA) is 55.4 Å². The van der Waals surface area contributed by atoms with Gasteiger partial charge in [-0.1, -0.05) is 24.1 Å². The van der Waals surface area contributed by atoms with E-state index in [1.165, 1.54) is 11.8 Å². The van der Waals surface area contributed by atoms with Crippen molar-refractivity contribution in [2.75, 3.05) is 18.9 Å². The van der Waals surface area contributed by atoms with Crippen LogP contribution in [0.15, 0.2) is 29.2 Å². The number of hydrogen-bond donors (Lipinski definition) is 1. The van der Waals surface area contributed by atoms with Gasteiger partial charge in [0.15, 0.2) is 6.61 Å². The largest absolute Gasteiger partial charge is 0.455 e. The Labute approximate surface area is 116 Å². The third-order valence-corrected chi connectivity index (χ3v) is 3.34. The van der Waals surface area contributed by atoms with Crippen molar-refractivity contribution < 1.29 is 14.3 Å². The number of carbonyl (C=O) groups excluding carboxylic acids is 2. The Kier molecular flexibility index (Phi) is 6.55. The first kappa shape index (κ1) is 15.1. The molecule has 0 spiro atoms. The molecule has 1 aromatic carbocycles. The van der Waals surface area contributed by atoms with Crippen LogP contribution in [0.25, 0.3) is 0 Å². The molecule has 0 heterocycles. The molecule has 0 aliphatic rings. The first-order chi connectivity index (χ1) is 9.13. The van der Waals surface area contributed by atoms with Gasteiger partial charge in [-0.05, 0) is 18.6 Å². The molecule has 0 aliphatic carbocycles. The van der Waals surface area contributed by atoms with Crippen LogP contribution in [-0.4, -0.2) is 30.8 Å². The molecule has 1 rings (SSSR count). The first-order valence-electron chi connectivity index (χ1n) is 5.67. The lowest BCUT2D eigenvalue weighted by molar-refractivity contribution is -0.145. The molecular weight excluding hydrogens is 262 g/mol. The smallest absolute Gasteiger partial charge is 0.316 e. The summed E-state index contributed by atoms with van der Waals surface area (Å²) in [4.78, 5) is 23.6. The van der Waals surface area contributed by atoms with Crippen LogP contribution in [0.1, 0.15) is 5.56 Å². The molecule has 0 unspecified atom stereocenters. The highest BCUT2D eigenvalue weighted by atomic mass is 32.2. The van der Waals surface area contributed by atoms with Gasteiger partial charge in [0.1, 0.15) is 0 Å². The molecule has 0 atom stereocenters. The third-order valence-electron chi connectivity index (χ3n) is 2.19. The lowest BCUT2D eigenvalue weighted by Gasteiger charge is -2.06. The van der Waals surface area contributed by atoms with Crippen LogP contribution in [0.5, 0.6) is 0 Å². The second-order valence-electron chi connectivity index (χ2n) is 3.70.